The lowest BCUT2D eigenvalue weighted by atomic mass is 10.2. The van der Waals surface area contributed by atoms with Crippen LogP contribution < -0.4 is 0 Å². The van der Waals surface area contributed by atoms with E-state index < -0.39 is 0 Å². The zero-order valence-corrected chi connectivity index (χ0v) is 8.32. The molecule has 1 aliphatic rings. The van der Waals surface area contributed by atoms with Gasteiger partial charge in [0, 0.05) is 5.25 Å². The zero-order valence-electron chi connectivity index (χ0n) is 7.43. The molecule has 0 amide bonds. The van der Waals surface area contributed by atoms with Gasteiger partial charge in [0.05, 0.1) is 0 Å². The van der Waals surface area contributed by atoms with Gasteiger partial charge in [-0.25, -0.2) is 0 Å². The molecule has 10 heavy (non-hydrogen) atoms. The van der Waals surface area contributed by atoms with Crippen LogP contribution in [-0.2, 0) is 0 Å². The molecular weight excluding hydrogens is 140 g/mol. The Hall–Kier alpha value is 0.350. The topological polar surface area (TPSA) is 0 Å². The predicted molar refractivity (Wildman–Crippen MR) is 51.8 cm³/mol. The summed E-state index contributed by atoms with van der Waals surface area (Å²) in [7, 11) is 0. The van der Waals surface area contributed by atoms with Crippen LogP contribution in [0.5, 0.6) is 0 Å². The van der Waals surface area contributed by atoms with Crippen molar-refractivity contribution in [2.24, 2.45) is 5.92 Å². The molecule has 0 saturated heterocycles. The number of hydrogen-bond donors (Lipinski definition) is 1. The van der Waals surface area contributed by atoms with Crippen LogP contribution in [0, 0.1) is 5.92 Å². The van der Waals surface area contributed by atoms with Gasteiger partial charge in [0.25, 0.3) is 0 Å². The predicted octanol–water partition coefficient (Wildman–Crippen LogP) is 3.52. The largest absolute Gasteiger partial charge is 0.176 e. The lowest BCUT2D eigenvalue weighted by Crippen LogP contribution is -1.98. The number of rotatable bonds is 3. The Morgan fingerprint density at radius 3 is 2.20 bits per heavy atom. The fraction of sp³-hybridized carbons (Fsp3) is 1.00. The van der Waals surface area contributed by atoms with Gasteiger partial charge in [-0.05, 0) is 25.2 Å². The van der Waals surface area contributed by atoms with Crippen LogP contribution in [0.2, 0.25) is 0 Å². The van der Waals surface area contributed by atoms with E-state index in [1.54, 1.807) is 0 Å². The van der Waals surface area contributed by atoms with Crippen LogP contribution in [0.4, 0.5) is 0 Å². The van der Waals surface area contributed by atoms with E-state index in [-0.39, 0.29) is 0 Å². The first-order chi connectivity index (χ1) is 4.84. The average Bonchev–Trinajstić information content (AvgIpc) is 2.74. The zero-order chi connectivity index (χ0) is 7.98. The first kappa shape index (κ1) is 10.3. The Kier molecular flexibility index (Phi) is 6.30. The smallest absolute Gasteiger partial charge is 0.00449 e. The lowest BCUT2D eigenvalue weighted by Gasteiger charge is -2.04. The van der Waals surface area contributed by atoms with Crippen molar-refractivity contribution in [3.63, 3.8) is 0 Å². The molecule has 0 radical (unpaired) electrons. The minimum Gasteiger partial charge on any atom is -0.176 e. The van der Waals surface area contributed by atoms with E-state index in [0.29, 0.717) is 0 Å². The molecule has 0 N–H and O–H groups in total. The summed E-state index contributed by atoms with van der Waals surface area (Å²) in [6.07, 6.45) is 5.49. The minimum absolute atomic E-state index is 0.722. The molecule has 0 aliphatic heterocycles. The quantitative estimate of drug-likeness (QED) is 0.600. The molecule has 62 valence electrons. The van der Waals surface area contributed by atoms with Crippen molar-refractivity contribution >= 4 is 12.6 Å². The maximum atomic E-state index is 4.47. The molecule has 1 unspecified atom stereocenters. The molecule has 1 saturated carbocycles. The molecule has 0 aromatic carbocycles. The summed E-state index contributed by atoms with van der Waals surface area (Å²) < 4.78 is 0. The van der Waals surface area contributed by atoms with Crippen LogP contribution in [0.15, 0.2) is 0 Å². The summed E-state index contributed by atoms with van der Waals surface area (Å²) in [5.74, 6) is 0.985. The van der Waals surface area contributed by atoms with Crippen LogP contribution in [0.25, 0.3) is 0 Å². The van der Waals surface area contributed by atoms with Crippen molar-refractivity contribution in [2.75, 3.05) is 0 Å². The Balaban J connectivity index is 0.000000371. The summed E-state index contributed by atoms with van der Waals surface area (Å²) in [5.41, 5.74) is 0. The van der Waals surface area contributed by atoms with Crippen LogP contribution in [-0.4, -0.2) is 5.25 Å². The molecular formula is C9H20S. The molecule has 1 heteroatoms. The summed E-state index contributed by atoms with van der Waals surface area (Å²) >= 11 is 4.47. The Bertz CT molecular complexity index is 67.1. The van der Waals surface area contributed by atoms with Gasteiger partial charge in [0.1, 0.15) is 0 Å². The van der Waals surface area contributed by atoms with Gasteiger partial charge in [0.15, 0.2) is 0 Å². The highest BCUT2D eigenvalue weighted by molar-refractivity contribution is 7.81. The second-order valence-electron chi connectivity index (χ2n) is 2.69. The van der Waals surface area contributed by atoms with Crippen molar-refractivity contribution in [2.45, 2.75) is 51.7 Å². The second-order valence-corrected chi connectivity index (χ2v) is 3.36. The van der Waals surface area contributed by atoms with E-state index in [0.717, 1.165) is 11.2 Å². The van der Waals surface area contributed by atoms with E-state index in [2.05, 4.69) is 19.6 Å². The van der Waals surface area contributed by atoms with Crippen molar-refractivity contribution in [3.8, 4) is 0 Å². The third-order valence-corrected chi connectivity index (χ3v) is 2.43. The third kappa shape index (κ3) is 4.21. The molecule has 1 aliphatic carbocycles. The summed E-state index contributed by atoms with van der Waals surface area (Å²) in [5, 5.41) is 0.722. The molecule has 0 spiro atoms. The fourth-order valence-electron chi connectivity index (χ4n) is 1.01. The highest BCUT2D eigenvalue weighted by Gasteiger charge is 2.27. The van der Waals surface area contributed by atoms with Crippen LogP contribution in [0.1, 0.15) is 46.5 Å². The third-order valence-electron chi connectivity index (χ3n) is 1.75. The van der Waals surface area contributed by atoms with Crippen LogP contribution >= 0.6 is 12.6 Å². The Labute approximate surface area is 70.8 Å². The van der Waals surface area contributed by atoms with Crippen molar-refractivity contribution < 1.29 is 0 Å². The first-order valence-electron chi connectivity index (χ1n) is 4.52. The highest BCUT2D eigenvalue weighted by Crippen LogP contribution is 2.37. The van der Waals surface area contributed by atoms with E-state index >= 15 is 0 Å². The van der Waals surface area contributed by atoms with Crippen molar-refractivity contribution in [3.05, 3.63) is 0 Å². The van der Waals surface area contributed by atoms with Gasteiger partial charge < -0.3 is 0 Å². The molecule has 0 aromatic rings. The minimum atomic E-state index is 0.722. The number of thiol groups is 1. The van der Waals surface area contributed by atoms with Crippen LogP contribution in [0.3, 0.4) is 0 Å². The molecule has 1 atom stereocenters. The summed E-state index contributed by atoms with van der Waals surface area (Å²) in [6, 6.07) is 0. The molecule has 1 rings (SSSR count). The monoisotopic (exact) mass is 160 g/mol. The summed E-state index contributed by atoms with van der Waals surface area (Å²) in [4.78, 5) is 0. The molecule has 0 bridgehead atoms. The molecule has 0 aromatic heterocycles. The van der Waals surface area contributed by atoms with Gasteiger partial charge in [-0.3, -0.25) is 0 Å². The van der Waals surface area contributed by atoms with E-state index in [9.17, 15) is 0 Å². The SMILES string of the molecule is CC.CCCC(S)C1CC1. The molecule has 1 fully saturated rings. The maximum absolute atomic E-state index is 4.47. The lowest BCUT2D eigenvalue weighted by molar-refractivity contribution is 0.677. The van der Waals surface area contributed by atoms with Gasteiger partial charge in [-0.2, -0.15) is 12.6 Å². The second kappa shape index (κ2) is 6.09. The highest BCUT2D eigenvalue weighted by atomic mass is 32.1. The van der Waals surface area contributed by atoms with Crippen molar-refractivity contribution in [1.29, 1.82) is 0 Å². The fourth-order valence-corrected chi connectivity index (χ4v) is 1.57. The standard InChI is InChI=1S/C7H14S.C2H6/c1-2-3-7(8)6-4-5-6;1-2/h6-8H,2-5H2,1H3;1-2H3. The average molecular weight is 160 g/mol. The normalized spacial score (nSPS) is 19.2. The number of hydrogen-bond acceptors (Lipinski definition) is 1. The first-order valence-corrected chi connectivity index (χ1v) is 5.04. The van der Waals surface area contributed by atoms with Gasteiger partial charge in [0.2, 0.25) is 0 Å². The molecule has 0 heterocycles. The van der Waals surface area contributed by atoms with E-state index in [4.69, 9.17) is 0 Å². The Morgan fingerprint density at radius 2 is 1.90 bits per heavy atom. The molecule has 0 nitrogen and oxygen atoms in total. The van der Waals surface area contributed by atoms with Gasteiger partial charge in [-0.15, -0.1) is 0 Å². The van der Waals surface area contributed by atoms with Gasteiger partial charge in [-0.1, -0.05) is 27.2 Å². The van der Waals surface area contributed by atoms with E-state index in [1.165, 1.54) is 25.7 Å². The van der Waals surface area contributed by atoms with Gasteiger partial charge >= 0.3 is 0 Å². The van der Waals surface area contributed by atoms with Crippen molar-refractivity contribution in [1.82, 2.24) is 0 Å². The maximum Gasteiger partial charge on any atom is 0.00449 e. The Morgan fingerprint density at radius 1 is 1.40 bits per heavy atom. The summed E-state index contributed by atoms with van der Waals surface area (Å²) in [6.45, 7) is 6.23. The van der Waals surface area contributed by atoms with E-state index in [1.807, 2.05) is 13.8 Å².